The molecule has 1 aromatic rings. The third kappa shape index (κ3) is 3.63. The zero-order chi connectivity index (χ0) is 13.9. The van der Waals surface area contributed by atoms with E-state index in [1.807, 2.05) is 5.32 Å². The number of halogens is 3. The van der Waals surface area contributed by atoms with Gasteiger partial charge in [0.25, 0.3) is 5.91 Å². The normalized spacial score (nSPS) is 13.2. The van der Waals surface area contributed by atoms with Crippen molar-refractivity contribution in [2.75, 3.05) is 12.3 Å². The topological polar surface area (TPSA) is 75.4 Å². The van der Waals surface area contributed by atoms with E-state index < -0.39 is 24.7 Å². The van der Waals surface area contributed by atoms with Crippen LogP contribution in [-0.2, 0) is 0 Å². The number of alkyl halides is 3. The number of carbonyl (C=O) groups is 1. The number of carbonyl (C=O) groups excluding carboxylic acids is 1. The first kappa shape index (κ1) is 14.3. The molecule has 1 rings (SSSR count). The molecule has 4 N–H and O–H groups in total. The van der Waals surface area contributed by atoms with Crippen molar-refractivity contribution < 1.29 is 23.1 Å². The number of nitrogens with one attached hydrogen (secondary N) is 1. The van der Waals surface area contributed by atoms with Crippen LogP contribution in [0.5, 0.6) is 0 Å². The third-order valence-corrected chi connectivity index (χ3v) is 2.34. The molecule has 1 atom stereocenters. The number of benzene rings is 1. The summed E-state index contributed by atoms with van der Waals surface area (Å²) in [5.74, 6) is -0.705. The number of nitrogens with two attached hydrogens (primary N) is 1. The fourth-order valence-corrected chi connectivity index (χ4v) is 1.28. The highest BCUT2D eigenvalue weighted by molar-refractivity contribution is 5.96. The van der Waals surface area contributed by atoms with E-state index >= 15 is 0 Å². The molecule has 1 unspecified atom stereocenters. The second kappa shape index (κ2) is 5.26. The van der Waals surface area contributed by atoms with Crippen molar-refractivity contribution in [3.05, 3.63) is 29.3 Å². The van der Waals surface area contributed by atoms with E-state index in [0.29, 0.717) is 11.3 Å². The molecule has 1 aromatic carbocycles. The summed E-state index contributed by atoms with van der Waals surface area (Å²) < 4.78 is 36.1. The molecule has 0 saturated carbocycles. The number of rotatable bonds is 3. The van der Waals surface area contributed by atoms with E-state index in [4.69, 9.17) is 10.8 Å². The predicted molar refractivity (Wildman–Crippen MR) is 60.0 cm³/mol. The molecule has 0 aliphatic rings. The molecule has 0 aromatic heterocycles. The molecular formula is C11H13F3N2O2. The van der Waals surface area contributed by atoms with Crippen molar-refractivity contribution in [1.82, 2.24) is 5.32 Å². The van der Waals surface area contributed by atoms with Crippen LogP contribution in [0.1, 0.15) is 15.9 Å². The van der Waals surface area contributed by atoms with E-state index in [0.717, 1.165) is 0 Å². The number of aliphatic hydroxyl groups excluding tert-OH is 1. The Labute approximate surface area is 102 Å². The summed E-state index contributed by atoms with van der Waals surface area (Å²) in [5, 5.41) is 10.7. The monoisotopic (exact) mass is 262 g/mol. The van der Waals surface area contributed by atoms with Crippen molar-refractivity contribution in [2.45, 2.75) is 19.2 Å². The summed E-state index contributed by atoms with van der Waals surface area (Å²) >= 11 is 0. The number of aliphatic hydroxyl groups is 1. The molecule has 7 heteroatoms. The molecular weight excluding hydrogens is 249 g/mol. The summed E-state index contributed by atoms with van der Waals surface area (Å²) in [4.78, 5) is 11.6. The van der Waals surface area contributed by atoms with Gasteiger partial charge in [-0.15, -0.1) is 0 Å². The van der Waals surface area contributed by atoms with Crippen LogP contribution in [0.4, 0.5) is 18.9 Å². The van der Waals surface area contributed by atoms with E-state index in [9.17, 15) is 18.0 Å². The second-order valence-corrected chi connectivity index (χ2v) is 3.84. The van der Waals surface area contributed by atoms with Gasteiger partial charge in [-0.2, -0.15) is 13.2 Å². The highest BCUT2D eigenvalue weighted by Crippen LogP contribution is 2.19. The Morgan fingerprint density at radius 2 is 2.11 bits per heavy atom. The van der Waals surface area contributed by atoms with Crippen LogP contribution >= 0.6 is 0 Å². The van der Waals surface area contributed by atoms with Crippen LogP contribution in [0.3, 0.4) is 0 Å². The van der Waals surface area contributed by atoms with Crippen LogP contribution in [-0.4, -0.2) is 29.8 Å². The number of aryl methyl sites for hydroxylation is 1. The first-order valence-electron chi connectivity index (χ1n) is 5.11. The van der Waals surface area contributed by atoms with Gasteiger partial charge < -0.3 is 16.2 Å². The lowest BCUT2D eigenvalue weighted by Gasteiger charge is -2.15. The van der Waals surface area contributed by atoms with Crippen LogP contribution in [0.15, 0.2) is 18.2 Å². The molecule has 0 bridgehead atoms. The van der Waals surface area contributed by atoms with Crippen molar-refractivity contribution in [3.63, 3.8) is 0 Å². The number of hydrogen-bond donors (Lipinski definition) is 3. The van der Waals surface area contributed by atoms with Gasteiger partial charge in [0.2, 0.25) is 0 Å². The zero-order valence-electron chi connectivity index (χ0n) is 9.58. The highest BCUT2D eigenvalue weighted by Gasteiger charge is 2.38. The third-order valence-electron chi connectivity index (χ3n) is 2.34. The van der Waals surface area contributed by atoms with Crippen LogP contribution < -0.4 is 11.1 Å². The summed E-state index contributed by atoms with van der Waals surface area (Å²) in [6, 6.07) is 4.53. The molecule has 0 spiro atoms. The number of amides is 1. The molecule has 0 saturated heterocycles. The van der Waals surface area contributed by atoms with Gasteiger partial charge in [-0.1, -0.05) is 6.07 Å². The SMILES string of the molecule is Cc1ccc(N)cc1C(=O)NCC(O)C(F)(F)F. The molecule has 0 radical (unpaired) electrons. The van der Waals surface area contributed by atoms with Crippen LogP contribution in [0.2, 0.25) is 0 Å². The van der Waals surface area contributed by atoms with Gasteiger partial charge in [-0.05, 0) is 24.6 Å². The van der Waals surface area contributed by atoms with Gasteiger partial charge in [0, 0.05) is 11.3 Å². The van der Waals surface area contributed by atoms with Crippen LogP contribution in [0.25, 0.3) is 0 Å². The van der Waals surface area contributed by atoms with Gasteiger partial charge in [0.15, 0.2) is 6.10 Å². The first-order chi connectivity index (χ1) is 8.21. The van der Waals surface area contributed by atoms with E-state index in [1.165, 1.54) is 6.07 Å². The minimum absolute atomic E-state index is 0.185. The highest BCUT2D eigenvalue weighted by atomic mass is 19.4. The summed E-state index contributed by atoms with van der Waals surface area (Å²) in [6.07, 6.45) is -7.33. The molecule has 0 aliphatic heterocycles. The Balaban J connectivity index is 2.69. The van der Waals surface area contributed by atoms with Gasteiger partial charge in [-0.3, -0.25) is 4.79 Å². The fraction of sp³-hybridized carbons (Fsp3) is 0.364. The van der Waals surface area contributed by atoms with Gasteiger partial charge in [-0.25, -0.2) is 0 Å². The molecule has 1 amide bonds. The Bertz CT molecular complexity index is 446. The number of anilines is 1. The van der Waals surface area contributed by atoms with Crippen molar-refractivity contribution in [2.24, 2.45) is 0 Å². The lowest BCUT2D eigenvalue weighted by Crippen LogP contribution is -2.40. The predicted octanol–water partition coefficient (Wildman–Crippen LogP) is 1.23. The van der Waals surface area contributed by atoms with Crippen LogP contribution in [0, 0.1) is 6.92 Å². The Kier molecular flexibility index (Phi) is 4.18. The van der Waals surface area contributed by atoms with Crippen molar-refractivity contribution >= 4 is 11.6 Å². The molecule has 0 fully saturated rings. The number of hydrogen-bond acceptors (Lipinski definition) is 3. The molecule has 100 valence electrons. The quantitative estimate of drug-likeness (QED) is 0.717. The molecule has 0 aliphatic carbocycles. The lowest BCUT2D eigenvalue weighted by atomic mass is 10.1. The summed E-state index contributed by atoms with van der Waals surface area (Å²) in [5.41, 5.74) is 6.59. The van der Waals surface area contributed by atoms with Crippen molar-refractivity contribution in [3.8, 4) is 0 Å². The molecule has 0 heterocycles. The lowest BCUT2D eigenvalue weighted by molar-refractivity contribution is -0.201. The van der Waals surface area contributed by atoms with Crippen molar-refractivity contribution in [1.29, 1.82) is 0 Å². The average Bonchev–Trinajstić information content (AvgIpc) is 2.27. The first-order valence-corrected chi connectivity index (χ1v) is 5.11. The molecule has 4 nitrogen and oxygen atoms in total. The van der Waals surface area contributed by atoms with E-state index in [-0.39, 0.29) is 5.56 Å². The zero-order valence-corrected chi connectivity index (χ0v) is 9.58. The maximum Gasteiger partial charge on any atom is 0.416 e. The Morgan fingerprint density at radius 1 is 1.50 bits per heavy atom. The maximum atomic E-state index is 12.0. The van der Waals surface area contributed by atoms with E-state index in [1.54, 1.807) is 19.1 Å². The summed E-state index contributed by atoms with van der Waals surface area (Å²) in [6.45, 7) is 0.741. The van der Waals surface area contributed by atoms with Gasteiger partial charge in [0.05, 0.1) is 6.54 Å². The second-order valence-electron chi connectivity index (χ2n) is 3.84. The van der Waals surface area contributed by atoms with E-state index in [2.05, 4.69) is 0 Å². The standard InChI is InChI=1S/C11H13F3N2O2/c1-6-2-3-7(15)4-8(6)10(18)16-5-9(17)11(12,13)14/h2-4,9,17H,5,15H2,1H3,(H,16,18). The fourth-order valence-electron chi connectivity index (χ4n) is 1.28. The summed E-state index contributed by atoms with van der Waals surface area (Å²) in [7, 11) is 0. The Morgan fingerprint density at radius 3 is 2.67 bits per heavy atom. The van der Waals surface area contributed by atoms with Gasteiger partial charge in [0.1, 0.15) is 0 Å². The largest absolute Gasteiger partial charge is 0.416 e. The number of nitrogen functional groups attached to an aromatic ring is 1. The van der Waals surface area contributed by atoms with Gasteiger partial charge >= 0.3 is 6.18 Å². The Hall–Kier alpha value is -1.76. The smallest absolute Gasteiger partial charge is 0.399 e. The molecule has 18 heavy (non-hydrogen) atoms. The maximum absolute atomic E-state index is 12.0. The minimum atomic E-state index is -4.75. The minimum Gasteiger partial charge on any atom is -0.399 e. The average molecular weight is 262 g/mol.